The minimum absolute atomic E-state index is 0.105. The molecule has 0 saturated carbocycles. The second kappa shape index (κ2) is 66.7. The van der Waals surface area contributed by atoms with Crippen molar-refractivity contribution in [2.75, 3.05) is 39.6 Å². The number of hydrogen-bond donors (Lipinski definition) is 3. The van der Waals surface area contributed by atoms with Gasteiger partial charge in [-0.15, -0.1) is 0 Å². The fourth-order valence-electron chi connectivity index (χ4n) is 11.0. The molecule has 5 atom stereocenters. The van der Waals surface area contributed by atoms with Crippen molar-refractivity contribution in [1.82, 2.24) is 0 Å². The molecule has 0 aromatic carbocycles. The Balaban J connectivity index is 5.13. The third-order valence-corrected chi connectivity index (χ3v) is 18.8. The first-order chi connectivity index (χ1) is 44.2. The predicted octanol–water partition coefficient (Wildman–Crippen LogP) is 21.1. The van der Waals surface area contributed by atoms with Crippen molar-refractivity contribution in [3.63, 3.8) is 0 Å². The van der Waals surface area contributed by atoms with Crippen LogP contribution in [0.15, 0.2) is 0 Å². The zero-order valence-corrected chi connectivity index (χ0v) is 60.6. The first-order valence-electron chi connectivity index (χ1n) is 37.8. The smallest absolute Gasteiger partial charge is 0.462 e. The van der Waals surface area contributed by atoms with Gasteiger partial charge in [-0.2, -0.15) is 0 Å². The molecule has 0 rings (SSSR count). The molecular weight excluding hydrogens is 1200 g/mol. The molecule has 17 nitrogen and oxygen atoms in total. The van der Waals surface area contributed by atoms with Gasteiger partial charge in [0.15, 0.2) is 12.2 Å². The molecule has 0 fully saturated rings. The average Bonchev–Trinajstić information content (AvgIpc) is 3.74. The highest BCUT2D eigenvalue weighted by Gasteiger charge is 2.30. The van der Waals surface area contributed by atoms with Crippen LogP contribution < -0.4 is 0 Å². The maximum atomic E-state index is 13.0. The first kappa shape index (κ1) is 89.1. The van der Waals surface area contributed by atoms with Gasteiger partial charge in [-0.05, 0) is 25.7 Å². The van der Waals surface area contributed by atoms with E-state index in [1.807, 2.05) is 0 Å². The third-order valence-electron chi connectivity index (χ3n) is 16.9. The van der Waals surface area contributed by atoms with E-state index in [1.165, 1.54) is 199 Å². The van der Waals surface area contributed by atoms with Gasteiger partial charge in [0.05, 0.1) is 26.4 Å². The van der Waals surface area contributed by atoms with Crippen LogP contribution in [-0.4, -0.2) is 96.7 Å². The van der Waals surface area contributed by atoms with Gasteiger partial charge in [-0.1, -0.05) is 329 Å². The van der Waals surface area contributed by atoms with Crippen LogP contribution in [-0.2, 0) is 65.4 Å². The van der Waals surface area contributed by atoms with Gasteiger partial charge >= 0.3 is 39.5 Å². The number of aliphatic hydroxyl groups is 1. The van der Waals surface area contributed by atoms with Crippen LogP contribution >= 0.6 is 15.6 Å². The summed E-state index contributed by atoms with van der Waals surface area (Å²) in [5, 5.41) is 10.6. The van der Waals surface area contributed by atoms with Crippen LogP contribution in [0.5, 0.6) is 0 Å². The molecule has 0 aliphatic carbocycles. The van der Waals surface area contributed by atoms with Crippen molar-refractivity contribution in [2.45, 2.75) is 399 Å². The Kier molecular flexibility index (Phi) is 65.2. The first-order valence-corrected chi connectivity index (χ1v) is 40.8. The van der Waals surface area contributed by atoms with E-state index in [1.54, 1.807) is 0 Å². The highest BCUT2D eigenvalue weighted by Crippen LogP contribution is 2.45. The van der Waals surface area contributed by atoms with Crippen molar-refractivity contribution >= 4 is 39.5 Å². The van der Waals surface area contributed by atoms with E-state index in [0.29, 0.717) is 25.7 Å². The van der Waals surface area contributed by atoms with Crippen LogP contribution in [0.2, 0.25) is 0 Å². The predicted molar refractivity (Wildman–Crippen MR) is 368 cm³/mol. The molecule has 0 aliphatic heterocycles. The van der Waals surface area contributed by atoms with Crippen molar-refractivity contribution < 1.29 is 80.2 Å². The lowest BCUT2D eigenvalue weighted by Crippen LogP contribution is -2.30. The second-order valence-corrected chi connectivity index (χ2v) is 28.9. The molecule has 0 bridgehead atoms. The molecule has 0 spiro atoms. The standard InChI is InChI=1S/C72H140O17P2/c1-5-9-13-17-21-25-27-29-31-32-33-34-35-36-37-39-41-43-47-51-55-59-72(77)89-68(63-83-70(75)57-53-49-46-42-40-38-30-28-26-22-18-14-10-6-2)65-87-91(80,81)85-61-66(73)60-84-90(78,79)86-64-67(88-71(76)58-54-50-45-24-20-16-12-8-4)62-82-69(74)56-52-48-44-23-19-15-11-7-3/h66-68,73H,5-65H2,1-4H3,(H,78,79)(H,80,81)/t66-,67+,68+/m0/s1. The average molecular weight is 1340 g/mol. The number of phosphoric acid groups is 2. The minimum atomic E-state index is -4.95. The van der Waals surface area contributed by atoms with Crippen LogP contribution in [0.4, 0.5) is 0 Å². The Bertz CT molecular complexity index is 1740. The molecule has 0 amide bonds. The summed E-state index contributed by atoms with van der Waals surface area (Å²) < 4.78 is 68.2. The number of carbonyl (C=O) groups excluding carboxylic acids is 4. The SMILES string of the molecule is CCCCCCCCCCCCCCCCCCCCCCCC(=O)O[C@H](COC(=O)CCCCCCCCCCCCCCCC)COP(=O)(O)OC[C@@H](O)COP(=O)(O)OC[C@@H](COC(=O)CCCCCCCCCC)OC(=O)CCCCCCCCCC. The van der Waals surface area contributed by atoms with E-state index in [2.05, 4.69) is 27.7 Å². The van der Waals surface area contributed by atoms with Crippen LogP contribution in [0.3, 0.4) is 0 Å². The Morgan fingerprint density at radius 1 is 0.264 bits per heavy atom. The highest BCUT2D eigenvalue weighted by atomic mass is 31.2. The van der Waals surface area contributed by atoms with Crippen molar-refractivity contribution in [1.29, 1.82) is 0 Å². The summed E-state index contributed by atoms with van der Waals surface area (Å²) in [7, 11) is -9.89. The quantitative estimate of drug-likeness (QED) is 0.0222. The monoisotopic (exact) mass is 1340 g/mol. The molecule has 0 radical (unpaired) electrons. The van der Waals surface area contributed by atoms with Crippen LogP contribution in [0.25, 0.3) is 0 Å². The molecule has 2 unspecified atom stereocenters. The zero-order chi connectivity index (χ0) is 66.8. The summed E-state index contributed by atoms with van der Waals surface area (Å²) in [4.78, 5) is 72.4. The number of unbranched alkanes of at least 4 members (excludes halogenated alkanes) is 47. The number of rotatable bonds is 73. The summed E-state index contributed by atoms with van der Waals surface area (Å²) in [6.45, 7) is 4.90. The van der Waals surface area contributed by atoms with Gasteiger partial charge in [0.2, 0.25) is 0 Å². The lowest BCUT2D eigenvalue weighted by atomic mass is 10.0. The van der Waals surface area contributed by atoms with E-state index >= 15 is 0 Å². The van der Waals surface area contributed by atoms with Gasteiger partial charge in [-0.25, -0.2) is 9.13 Å². The molecule has 19 heteroatoms. The fourth-order valence-corrected chi connectivity index (χ4v) is 12.6. The van der Waals surface area contributed by atoms with Crippen LogP contribution in [0.1, 0.15) is 381 Å². The fraction of sp³-hybridized carbons (Fsp3) is 0.944. The van der Waals surface area contributed by atoms with Crippen LogP contribution in [0, 0.1) is 0 Å². The number of hydrogen-bond acceptors (Lipinski definition) is 15. The Hall–Kier alpha value is -1.94. The molecule has 540 valence electrons. The molecule has 91 heavy (non-hydrogen) atoms. The summed E-state index contributed by atoms with van der Waals surface area (Å²) in [6.07, 6.45) is 55.8. The largest absolute Gasteiger partial charge is 0.472 e. The maximum Gasteiger partial charge on any atom is 0.472 e. The third kappa shape index (κ3) is 66.5. The van der Waals surface area contributed by atoms with Gasteiger partial charge in [0, 0.05) is 25.7 Å². The molecule has 3 N–H and O–H groups in total. The molecule has 0 heterocycles. The van der Waals surface area contributed by atoms with Gasteiger partial charge in [0.1, 0.15) is 19.3 Å². The molecule has 0 aliphatic rings. The number of aliphatic hydroxyl groups excluding tert-OH is 1. The van der Waals surface area contributed by atoms with Gasteiger partial charge in [0.25, 0.3) is 0 Å². The number of carbonyl (C=O) groups is 4. The lowest BCUT2D eigenvalue weighted by molar-refractivity contribution is -0.161. The number of phosphoric ester groups is 2. The second-order valence-electron chi connectivity index (χ2n) is 26.0. The molecule has 0 saturated heterocycles. The number of ether oxygens (including phenoxy) is 4. The molecular formula is C72H140O17P2. The van der Waals surface area contributed by atoms with Crippen molar-refractivity contribution in [3.8, 4) is 0 Å². The molecule has 0 aromatic heterocycles. The topological polar surface area (TPSA) is 237 Å². The van der Waals surface area contributed by atoms with Gasteiger partial charge < -0.3 is 33.8 Å². The van der Waals surface area contributed by atoms with Gasteiger partial charge in [-0.3, -0.25) is 37.3 Å². The summed E-state index contributed by atoms with van der Waals surface area (Å²) in [5.74, 6) is -2.12. The van der Waals surface area contributed by atoms with E-state index in [9.17, 15) is 43.2 Å². The normalized spacial score (nSPS) is 14.0. The van der Waals surface area contributed by atoms with E-state index in [-0.39, 0.29) is 25.7 Å². The molecule has 0 aromatic rings. The lowest BCUT2D eigenvalue weighted by Gasteiger charge is -2.21. The van der Waals surface area contributed by atoms with Crippen molar-refractivity contribution in [2.24, 2.45) is 0 Å². The van der Waals surface area contributed by atoms with E-state index in [0.717, 1.165) is 103 Å². The Labute approximate surface area is 556 Å². The Morgan fingerprint density at radius 3 is 0.648 bits per heavy atom. The Morgan fingerprint density at radius 2 is 0.440 bits per heavy atom. The summed E-state index contributed by atoms with van der Waals surface area (Å²) in [5.41, 5.74) is 0. The minimum Gasteiger partial charge on any atom is -0.462 e. The van der Waals surface area contributed by atoms with E-state index < -0.39 is 97.5 Å². The summed E-state index contributed by atoms with van der Waals surface area (Å²) >= 11 is 0. The summed E-state index contributed by atoms with van der Waals surface area (Å²) in [6, 6.07) is 0. The maximum absolute atomic E-state index is 13.0. The number of esters is 4. The van der Waals surface area contributed by atoms with E-state index in [4.69, 9.17) is 37.0 Å². The van der Waals surface area contributed by atoms with Crippen molar-refractivity contribution in [3.05, 3.63) is 0 Å². The highest BCUT2D eigenvalue weighted by molar-refractivity contribution is 7.47. The zero-order valence-electron chi connectivity index (χ0n) is 58.8.